The summed E-state index contributed by atoms with van der Waals surface area (Å²) in [6.07, 6.45) is 5.36. The van der Waals surface area contributed by atoms with Crippen LogP contribution in [0.5, 0.6) is 0 Å². The molecule has 0 aromatic carbocycles. The van der Waals surface area contributed by atoms with Crippen LogP contribution in [0, 0.1) is 0 Å². The van der Waals surface area contributed by atoms with E-state index in [0.29, 0.717) is 6.54 Å². The van der Waals surface area contributed by atoms with Crippen molar-refractivity contribution in [2.45, 2.75) is 25.4 Å². The van der Waals surface area contributed by atoms with Gasteiger partial charge in [-0.15, -0.1) is 0 Å². The molecule has 1 aromatic rings. The number of carbonyl (C=O) groups is 3. The van der Waals surface area contributed by atoms with Crippen molar-refractivity contribution in [3.8, 4) is 0 Å². The average molecular weight is 288 g/mol. The van der Waals surface area contributed by atoms with Gasteiger partial charge >= 0.3 is 6.03 Å². The standard InChI is InChI=1S/C14H16N4O3/c19-12-8-17(14(21)16-12)9-13(20)18(11-1-2-11)7-10-3-5-15-6-4-10/h3-6,11H,1-2,7-9H2,(H,16,19,21). The van der Waals surface area contributed by atoms with Crippen LogP contribution in [0.3, 0.4) is 0 Å². The monoisotopic (exact) mass is 288 g/mol. The minimum Gasteiger partial charge on any atom is -0.334 e. The smallest absolute Gasteiger partial charge is 0.325 e. The number of urea groups is 1. The highest BCUT2D eigenvalue weighted by Gasteiger charge is 2.35. The molecule has 21 heavy (non-hydrogen) atoms. The van der Waals surface area contributed by atoms with Gasteiger partial charge in [-0.25, -0.2) is 4.79 Å². The lowest BCUT2D eigenvalue weighted by Gasteiger charge is -2.24. The number of hydrogen-bond acceptors (Lipinski definition) is 4. The van der Waals surface area contributed by atoms with E-state index in [9.17, 15) is 14.4 Å². The molecular formula is C14H16N4O3. The zero-order chi connectivity index (χ0) is 14.8. The highest BCUT2D eigenvalue weighted by Crippen LogP contribution is 2.28. The lowest BCUT2D eigenvalue weighted by molar-refractivity contribution is -0.133. The van der Waals surface area contributed by atoms with E-state index < -0.39 is 6.03 Å². The fourth-order valence-corrected chi connectivity index (χ4v) is 2.36. The zero-order valence-corrected chi connectivity index (χ0v) is 11.5. The molecule has 2 heterocycles. The van der Waals surface area contributed by atoms with Crippen molar-refractivity contribution in [2.75, 3.05) is 13.1 Å². The molecule has 0 bridgehead atoms. The number of pyridine rings is 1. The van der Waals surface area contributed by atoms with Gasteiger partial charge in [-0.2, -0.15) is 0 Å². The van der Waals surface area contributed by atoms with Crippen molar-refractivity contribution in [3.63, 3.8) is 0 Å². The Kier molecular flexibility index (Phi) is 3.55. The van der Waals surface area contributed by atoms with Crippen molar-refractivity contribution < 1.29 is 14.4 Å². The van der Waals surface area contributed by atoms with Crippen molar-refractivity contribution in [2.24, 2.45) is 0 Å². The largest absolute Gasteiger partial charge is 0.334 e. The van der Waals surface area contributed by atoms with Gasteiger partial charge in [0.05, 0.1) is 0 Å². The predicted molar refractivity (Wildman–Crippen MR) is 72.9 cm³/mol. The average Bonchev–Trinajstić information content (AvgIpc) is 3.24. The molecule has 1 saturated carbocycles. The third-order valence-electron chi connectivity index (χ3n) is 3.60. The van der Waals surface area contributed by atoms with Gasteiger partial charge < -0.3 is 9.80 Å². The first kappa shape index (κ1) is 13.5. The number of nitrogens with one attached hydrogen (secondary N) is 1. The summed E-state index contributed by atoms with van der Waals surface area (Å²) in [5.41, 5.74) is 1.01. The summed E-state index contributed by atoms with van der Waals surface area (Å²) < 4.78 is 0. The SMILES string of the molecule is O=C1CN(CC(=O)N(Cc2ccncc2)C2CC2)C(=O)N1. The van der Waals surface area contributed by atoms with Crippen LogP contribution >= 0.6 is 0 Å². The maximum absolute atomic E-state index is 12.4. The molecule has 0 atom stereocenters. The second-order valence-corrected chi connectivity index (χ2v) is 5.32. The van der Waals surface area contributed by atoms with Crippen LogP contribution in [-0.4, -0.2) is 51.8 Å². The van der Waals surface area contributed by atoms with Crippen molar-refractivity contribution in [1.82, 2.24) is 20.1 Å². The number of imide groups is 1. The molecule has 7 heteroatoms. The Morgan fingerprint density at radius 2 is 2.05 bits per heavy atom. The fourth-order valence-electron chi connectivity index (χ4n) is 2.36. The molecule has 3 rings (SSSR count). The number of hydrogen-bond donors (Lipinski definition) is 1. The third-order valence-corrected chi connectivity index (χ3v) is 3.60. The van der Waals surface area contributed by atoms with Gasteiger partial charge in [-0.05, 0) is 30.5 Å². The lowest BCUT2D eigenvalue weighted by Crippen LogP contribution is -2.42. The first-order valence-corrected chi connectivity index (χ1v) is 6.90. The van der Waals surface area contributed by atoms with Crippen LogP contribution in [0.2, 0.25) is 0 Å². The molecule has 7 nitrogen and oxygen atoms in total. The molecule has 4 amide bonds. The lowest BCUT2D eigenvalue weighted by atomic mass is 10.2. The van der Waals surface area contributed by atoms with E-state index in [1.807, 2.05) is 12.1 Å². The summed E-state index contributed by atoms with van der Waals surface area (Å²) in [6.45, 7) is 0.410. The van der Waals surface area contributed by atoms with Gasteiger partial charge in [-0.1, -0.05) is 0 Å². The Labute approximate surface area is 121 Å². The van der Waals surface area contributed by atoms with E-state index in [2.05, 4.69) is 10.3 Å². The first-order chi connectivity index (χ1) is 10.1. The van der Waals surface area contributed by atoms with Crippen LogP contribution < -0.4 is 5.32 Å². The van der Waals surface area contributed by atoms with Crippen molar-refractivity contribution >= 4 is 17.8 Å². The van der Waals surface area contributed by atoms with E-state index in [0.717, 1.165) is 18.4 Å². The molecule has 2 fully saturated rings. The van der Waals surface area contributed by atoms with Gasteiger partial charge in [0.25, 0.3) is 0 Å². The summed E-state index contributed by atoms with van der Waals surface area (Å²) in [6, 6.07) is 3.49. The maximum atomic E-state index is 12.4. The molecule has 0 unspecified atom stereocenters. The Hall–Kier alpha value is -2.44. The van der Waals surface area contributed by atoms with Crippen LogP contribution in [0.25, 0.3) is 0 Å². The normalized spacial score (nSPS) is 17.8. The van der Waals surface area contributed by atoms with E-state index in [4.69, 9.17) is 0 Å². The van der Waals surface area contributed by atoms with Gasteiger partial charge in [0, 0.05) is 25.0 Å². The van der Waals surface area contributed by atoms with Crippen LogP contribution in [0.15, 0.2) is 24.5 Å². The molecule has 0 radical (unpaired) electrons. The predicted octanol–water partition coefficient (Wildman–Crippen LogP) is 0.124. The van der Waals surface area contributed by atoms with Crippen LogP contribution in [0.1, 0.15) is 18.4 Å². The molecule has 1 aliphatic carbocycles. The summed E-state index contributed by atoms with van der Waals surface area (Å²) in [5, 5.41) is 2.17. The van der Waals surface area contributed by atoms with Crippen molar-refractivity contribution in [3.05, 3.63) is 30.1 Å². The highest BCUT2D eigenvalue weighted by atomic mass is 16.2. The second kappa shape index (κ2) is 5.51. The Balaban J connectivity index is 1.65. The molecule has 110 valence electrons. The minimum absolute atomic E-state index is 0.0433. The second-order valence-electron chi connectivity index (χ2n) is 5.32. The number of carbonyl (C=O) groups excluding carboxylic acids is 3. The summed E-state index contributed by atoms with van der Waals surface area (Å²) in [7, 11) is 0. The van der Waals surface area contributed by atoms with Gasteiger partial charge in [0.2, 0.25) is 11.8 Å². The summed E-state index contributed by atoms with van der Waals surface area (Å²) in [5.74, 6) is -0.487. The first-order valence-electron chi connectivity index (χ1n) is 6.90. The van der Waals surface area contributed by atoms with Gasteiger partial charge in [0.1, 0.15) is 13.1 Å². The maximum Gasteiger partial charge on any atom is 0.325 e. The number of rotatable bonds is 5. The van der Waals surface area contributed by atoms with E-state index in [1.165, 1.54) is 4.90 Å². The van der Waals surface area contributed by atoms with Crippen molar-refractivity contribution in [1.29, 1.82) is 0 Å². The summed E-state index contributed by atoms with van der Waals surface area (Å²) >= 11 is 0. The van der Waals surface area contributed by atoms with Gasteiger partial charge in [0.15, 0.2) is 0 Å². The molecule has 1 N–H and O–H groups in total. The summed E-state index contributed by atoms with van der Waals surface area (Å²) in [4.78, 5) is 42.0. The Morgan fingerprint density at radius 3 is 2.62 bits per heavy atom. The molecule has 1 saturated heterocycles. The topological polar surface area (TPSA) is 82.6 Å². The van der Waals surface area contributed by atoms with Gasteiger partial charge in [-0.3, -0.25) is 19.9 Å². The fraction of sp³-hybridized carbons (Fsp3) is 0.429. The van der Waals surface area contributed by atoms with Crippen LogP contribution in [-0.2, 0) is 16.1 Å². The molecular weight excluding hydrogens is 272 g/mol. The minimum atomic E-state index is -0.493. The number of nitrogens with zero attached hydrogens (tertiary/aromatic N) is 3. The highest BCUT2D eigenvalue weighted by molar-refractivity contribution is 6.03. The molecule has 0 spiro atoms. The number of aromatic nitrogens is 1. The van der Waals surface area contributed by atoms with E-state index in [-0.39, 0.29) is 30.9 Å². The third kappa shape index (κ3) is 3.18. The quantitative estimate of drug-likeness (QED) is 0.780. The Bertz CT molecular complexity index is 571. The number of amides is 4. The van der Waals surface area contributed by atoms with Crippen LogP contribution in [0.4, 0.5) is 4.79 Å². The molecule has 2 aliphatic rings. The van der Waals surface area contributed by atoms with E-state index >= 15 is 0 Å². The Morgan fingerprint density at radius 1 is 1.33 bits per heavy atom. The zero-order valence-electron chi connectivity index (χ0n) is 11.5. The van der Waals surface area contributed by atoms with E-state index in [1.54, 1.807) is 17.3 Å². The molecule has 1 aliphatic heterocycles. The molecule has 1 aromatic heterocycles.